The van der Waals surface area contributed by atoms with Crippen LogP contribution in [0, 0.1) is 0 Å². The number of carbonyl (C=O) groups is 1. The summed E-state index contributed by atoms with van der Waals surface area (Å²) in [6.07, 6.45) is 5.03. The fourth-order valence-corrected chi connectivity index (χ4v) is 2.47. The third kappa shape index (κ3) is 2.85. The van der Waals surface area contributed by atoms with E-state index >= 15 is 0 Å². The molecule has 116 valence electrons. The van der Waals surface area contributed by atoms with E-state index in [1.165, 1.54) is 0 Å². The molecule has 1 aliphatic rings. The van der Waals surface area contributed by atoms with Crippen molar-refractivity contribution in [1.29, 1.82) is 0 Å². The van der Waals surface area contributed by atoms with Crippen molar-refractivity contribution in [3.05, 3.63) is 30.4 Å². The van der Waals surface area contributed by atoms with Gasteiger partial charge in [-0.3, -0.25) is 14.9 Å². The average Bonchev–Trinajstić information content (AvgIpc) is 3.18. The Morgan fingerprint density at radius 3 is 2.91 bits per heavy atom. The Morgan fingerprint density at radius 2 is 2.23 bits per heavy atom. The second kappa shape index (κ2) is 5.84. The van der Waals surface area contributed by atoms with Crippen molar-refractivity contribution in [3.63, 3.8) is 0 Å². The van der Waals surface area contributed by atoms with Crippen molar-refractivity contribution in [1.82, 2.24) is 25.5 Å². The predicted octanol–water partition coefficient (Wildman–Crippen LogP) is 1.61. The van der Waals surface area contributed by atoms with Crippen molar-refractivity contribution in [3.8, 4) is 11.4 Å². The zero-order valence-electron chi connectivity index (χ0n) is 12.7. The zero-order valence-corrected chi connectivity index (χ0v) is 12.7. The molecule has 3 rings (SSSR count). The summed E-state index contributed by atoms with van der Waals surface area (Å²) < 4.78 is 5.55. The van der Waals surface area contributed by atoms with Gasteiger partial charge in [0.1, 0.15) is 11.4 Å². The smallest absolute Gasteiger partial charge is 0.252 e. The molecule has 7 heteroatoms. The van der Waals surface area contributed by atoms with Gasteiger partial charge >= 0.3 is 0 Å². The van der Waals surface area contributed by atoms with Crippen LogP contribution in [0.5, 0.6) is 0 Å². The first-order chi connectivity index (χ1) is 10.6. The van der Waals surface area contributed by atoms with Gasteiger partial charge in [-0.05, 0) is 38.8 Å². The van der Waals surface area contributed by atoms with Gasteiger partial charge in [0.2, 0.25) is 0 Å². The van der Waals surface area contributed by atoms with Gasteiger partial charge in [-0.25, -0.2) is 4.98 Å². The second-order valence-electron chi connectivity index (χ2n) is 5.66. The molecule has 2 N–H and O–H groups in total. The summed E-state index contributed by atoms with van der Waals surface area (Å²) in [6, 6.07) is 3.41. The van der Waals surface area contributed by atoms with E-state index in [2.05, 4.69) is 25.5 Å². The fraction of sp³-hybridized carbons (Fsp3) is 0.467. The first kappa shape index (κ1) is 14.6. The summed E-state index contributed by atoms with van der Waals surface area (Å²) in [5.74, 6) is 1.09. The van der Waals surface area contributed by atoms with Crippen LogP contribution in [-0.4, -0.2) is 38.3 Å². The van der Waals surface area contributed by atoms with E-state index in [0.29, 0.717) is 18.3 Å². The molecule has 0 bridgehead atoms. The summed E-state index contributed by atoms with van der Waals surface area (Å²) >= 11 is 0. The highest BCUT2D eigenvalue weighted by atomic mass is 16.5. The monoisotopic (exact) mass is 301 g/mol. The van der Waals surface area contributed by atoms with Crippen LogP contribution in [0.25, 0.3) is 11.4 Å². The van der Waals surface area contributed by atoms with Crippen LogP contribution < -0.4 is 5.32 Å². The van der Waals surface area contributed by atoms with Crippen molar-refractivity contribution in [2.24, 2.45) is 0 Å². The molecule has 1 aliphatic heterocycles. The first-order valence-corrected chi connectivity index (χ1v) is 7.36. The van der Waals surface area contributed by atoms with Gasteiger partial charge < -0.3 is 10.1 Å². The maximum atomic E-state index is 12.3. The molecule has 2 unspecified atom stereocenters. The Morgan fingerprint density at radius 1 is 1.45 bits per heavy atom. The summed E-state index contributed by atoms with van der Waals surface area (Å²) in [4.78, 5) is 20.7. The van der Waals surface area contributed by atoms with Gasteiger partial charge in [-0.2, -0.15) is 5.10 Å². The van der Waals surface area contributed by atoms with Crippen molar-refractivity contribution in [2.45, 2.75) is 38.3 Å². The number of rotatable bonds is 4. The van der Waals surface area contributed by atoms with Gasteiger partial charge in [0.25, 0.3) is 5.91 Å². The molecule has 7 nitrogen and oxygen atoms in total. The van der Waals surface area contributed by atoms with Crippen LogP contribution in [0.2, 0.25) is 0 Å². The van der Waals surface area contributed by atoms with Gasteiger partial charge in [-0.1, -0.05) is 0 Å². The quantitative estimate of drug-likeness (QED) is 0.895. The Hall–Kier alpha value is -2.28. The number of carbonyl (C=O) groups excluding carboxylic acids is 1. The molecule has 0 saturated carbocycles. The molecule has 2 atom stereocenters. The molecule has 22 heavy (non-hydrogen) atoms. The number of amides is 1. The highest BCUT2D eigenvalue weighted by Gasteiger charge is 2.38. The number of aromatic nitrogens is 4. The molecule has 1 amide bonds. The third-order valence-corrected chi connectivity index (χ3v) is 3.90. The lowest BCUT2D eigenvalue weighted by atomic mass is 10.0. The molecule has 2 aromatic heterocycles. The minimum Gasteiger partial charge on any atom is -0.365 e. The van der Waals surface area contributed by atoms with Crippen molar-refractivity contribution >= 4 is 5.91 Å². The van der Waals surface area contributed by atoms with Gasteiger partial charge in [0.05, 0.1) is 6.04 Å². The lowest BCUT2D eigenvalue weighted by molar-refractivity contribution is -0.140. The maximum absolute atomic E-state index is 12.3. The summed E-state index contributed by atoms with van der Waals surface area (Å²) in [5.41, 5.74) is 0.143. The minimum absolute atomic E-state index is 0.112. The molecular formula is C15H19N5O2. The predicted molar refractivity (Wildman–Crippen MR) is 79.8 cm³/mol. The molecule has 1 saturated heterocycles. The molecule has 0 spiro atoms. The second-order valence-corrected chi connectivity index (χ2v) is 5.66. The molecule has 3 heterocycles. The lowest BCUT2D eigenvalue weighted by Gasteiger charge is -2.23. The first-order valence-electron chi connectivity index (χ1n) is 7.36. The topological polar surface area (TPSA) is 92.8 Å². The molecule has 2 aromatic rings. The highest BCUT2D eigenvalue weighted by Crippen LogP contribution is 2.26. The zero-order chi connectivity index (χ0) is 15.6. The van der Waals surface area contributed by atoms with E-state index in [-0.39, 0.29) is 11.9 Å². The van der Waals surface area contributed by atoms with Crippen LogP contribution in [0.1, 0.15) is 38.6 Å². The summed E-state index contributed by atoms with van der Waals surface area (Å²) in [6.45, 7) is 4.32. The number of hydrogen-bond donors (Lipinski definition) is 2. The van der Waals surface area contributed by atoms with Crippen LogP contribution >= 0.6 is 0 Å². The maximum Gasteiger partial charge on any atom is 0.252 e. The minimum atomic E-state index is -0.734. The number of nitrogens with zero attached hydrogens (tertiary/aromatic N) is 3. The summed E-state index contributed by atoms with van der Waals surface area (Å²) in [5, 5.41) is 9.99. The average molecular weight is 301 g/mol. The van der Waals surface area contributed by atoms with Crippen LogP contribution in [0.4, 0.5) is 0 Å². The Kier molecular flexibility index (Phi) is 3.89. The Labute approximate surface area is 128 Å². The van der Waals surface area contributed by atoms with E-state index < -0.39 is 5.60 Å². The Balaban J connectivity index is 1.69. The van der Waals surface area contributed by atoms with Crippen LogP contribution in [-0.2, 0) is 9.53 Å². The number of hydrogen-bond acceptors (Lipinski definition) is 5. The van der Waals surface area contributed by atoms with E-state index in [1.54, 1.807) is 12.4 Å². The van der Waals surface area contributed by atoms with Crippen LogP contribution in [0.3, 0.4) is 0 Å². The van der Waals surface area contributed by atoms with Gasteiger partial charge in [0.15, 0.2) is 5.82 Å². The standard InChI is InChI=1S/C15H19N5O2/c1-10(17-14(21)15(2)6-3-9-22-15)12-18-13(20-19-12)11-4-7-16-8-5-11/h4-5,7-8,10H,3,6,9H2,1-2H3,(H,17,21)(H,18,19,20). The van der Waals surface area contributed by atoms with Crippen molar-refractivity contribution in [2.75, 3.05) is 6.61 Å². The largest absolute Gasteiger partial charge is 0.365 e. The van der Waals surface area contributed by atoms with E-state index in [1.807, 2.05) is 26.0 Å². The molecule has 0 aliphatic carbocycles. The fourth-order valence-electron chi connectivity index (χ4n) is 2.47. The lowest BCUT2D eigenvalue weighted by Crippen LogP contribution is -2.45. The molecular weight excluding hydrogens is 282 g/mol. The molecule has 1 fully saturated rings. The van der Waals surface area contributed by atoms with Crippen LogP contribution in [0.15, 0.2) is 24.5 Å². The van der Waals surface area contributed by atoms with E-state index in [0.717, 1.165) is 18.4 Å². The molecule has 0 radical (unpaired) electrons. The highest BCUT2D eigenvalue weighted by molar-refractivity contribution is 5.85. The number of H-pyrrole nitrogens is 1. The van der Waals surface area contributed by atoms with E-state index in [4.69, 9.17) is 4.74 Å². The SMILES string of the molecule is CC(NC(=O)C1(C)CCCO1)c1nc(-c2ccncc2)n[nH]1. The number of nitrogens with one attached hydrogen (secondary N) is 2. The third-order valence-electron chi connectivity index (χ3n) is 3.90. The summed E-state index contributed by atoms with van der Waals surface area (Å²) in [7, 11) is 0. The van der Waals surface area contributed by atoms with E-state index in [9.17, 15) is 4.79 Å². The number of pyridine rings is 1. The number of aromatic amines is 1. The molecule has 0 aromatic carbocycles. The normalized spacial score (nSPS) is 22.5. The van der Waals surface area contributed by atoms with Crippen molar-refractivity contribution < 1.29 is 9.53 Å². The number of ether oxygens (including phenoxy) is 1. The van der Waals surface area contributed by atoms with Gasteiger partial charge in [-0.15, -0.1) is 0 Å². The Bertz CT molecular complexity index is 649. The van der Waals surface area contributed by atoms with Gasteiger partial charge in [0, 0.05) is 24.6 Å².